The van der Waals surface area contributed by atoms with E-state index in [1.54, 1.807) is 6.20 Å². The predicted molar refractivity (Wildman–Crippen MR) is 60.7 cm³/mol. The van der Waals surface area contributed by atoms with E-state index in [9.17, 15) is 0 Å². The molecule has 0 aliphatic rings. The zero-order valence-corrected chi connectivity index (χ0v) is 8.94. The largest absolute Gasteiger partial charge is 0.369 e. The summed E-state index contributed by atoms with van der Waals surface area (Å²) in [5.74, 6) is 1.45. The van der Waals surface area contributed by atoms with Crippen LogP contribution in [0, 0.1) is 5.92 Å². The van der Waals surface area contributed by atoms with Crippen LogP contribution in [0.15, 0.2) is 24.7 Å². The molecule has 15 heavy (non-hydrogen) atoms. The van der Waals surface area contributed by atoms with Gasteiger partial charge in [-0.05, 0) is 18.1 Å². The summed E-state index contributed by atoms with van der Waals surface area (Å²) >= 11 is 0. The molecule has 2 rings (SSSR count). The van der Waals surface area contributed by atoms with Crippen LogP contribution in [0.2, 0.25) is 0 Å². The molecule has 1 N–H and O–H groups in total. The van der Waals surface area contributed by atoms with Crippen molar-refractivity contribution in [2.75, 3.05) is 11.9 Å². The van der Waals surface area contributed by atoms with Crippen LogP contribution < -0.4 is 5.32 Å². The summed E-state index contributed by atoms with van der Waals surface area (Å²) in [5.41, 5.74) is 0.735. The van der Waals surface area contributed by atoms with E-state index in [0.29, 0.717) is 5.92 Å². The first-order chi connectivity index (χ1) is 7.27. The van der Waals surface area contributed by atoms with Crippen molar-refractivity contribution in [3.63, 3.8) is 0 Å². The monoisotopic (exact) mass is 202 g/mol. The van der Waals surface area contributed by atoms with E-state index in [1.807, 2.05) is 12.1 Å². The van der Waals surface area contributed by atoms with E-state index in [1.165, 1.54) is 6.33 Å². The summed E-state index contributed by atoms with van der Waals surface area (Å²) in [6.45, 7) is 5.23. The predicted octanol–water partition coefficient (Wildman–Crippen LogP) is 2.09. The minimum Gasteiger partial charge on any atom is -0.369 e. The number of nitrogens with zero attached hydrogens (tertiary/aromatic N) is 3. The highest BCUT2D eigenvalue weighted by Gasteiger charge is 2.03. The molecule has 4 heteroatoms. The topological polar surface area (TPSA) is 50.7 Å². The second kappa shape index (κ2) is 4.21. The van der Waals surface area contributed by atoms with Crippen LogP contribution in [0.25, 0.3) is 11.0 Å². The Morgan fingerprint density at radius 2 is 2.13 bits per heavy atom. The lowest BCUT2D eigenvalue weighted by atomic mass is 10.2. The molecule has 0 radical (unpaired) electrons. The molecule has 2 aromatic heterocycles. The quantitative estimate of drug-likeness (QED) is 0.828. The number of nitrogens with one attached hydrogen (secondary N) is 1. The van der Waals surface area contributed by atoms with Gasteiger partial charge in [0.2, 0.25) is 0 Å². The summed E-state index contributed by atoms with van der Waals surface area (Å²) in [4.78, 5) is 12.5. The highest BCUT2D eigenvalue weighted by Crippen LogP contribution is 2.16. The van der Waals surface area contributed by atoms with Gasteiger partial charge in [-0.25, -0.2) is 15.0 Å². The average Bonchev–Trinajstić information content (AvgIpc) is 2.26. The standard InChI is InChI=1S/C11H14N4/c1-8(2)6-13-11-9-4-3-5-12-10(9)14-7-15-11/h3-5,7-8H,6H2,1-2H3,(H,12,13,14,15). The molecule has 0 spiro atoms. The first kappa shape index (κ1) is 9.83. The lowest BCUT2D eigenvalue weighted by Gasteiger charge is -2.09. The van der Waals surface area contributed by atoms with E-state index in [0.717, 1.165) is 23.4 Å². The van der Waals surface area contributed by atoms with Gasteiger partial charge in [0.1, 0.15) is 12.1 Å². The van der Waals surface area contributed by atoms with E-state index < -0.39 is 0 Å². The molecular weight excluding hydrogens is 188 g/mol. The van der Waals surface area contributed by atoms with E-state index in [-0.39, 0.29) is 0 Å². The molecule has 0 aromatic carbocycles. The number of fused-ring (bicyclic) bond motifs is 1. The van der Waals surface area contributed by atoms with Gasteiger partial charge in [-0.1, -0.05) is 13.8 Å². The molecule has 0 aliphatic heterocycles. The minimum absolute atomic E-state index is 0.590. The van der Waals surface area contributed by atoms with Crippen molar-refractivity contribution >= 4 is 16.9 Å². The Bertz CT molecular complexity index is 448. The third-order valence-corrected chi connectivity index (χ3v) is 2.09. The Kier molecular flexibility index (Phi) is 2.76. The van der Waals surface area contributed by atoms with E-state index in [2.05, 4.69) is 34.1 Å². The van der Waals surface area contributed by atoms with Crippen LogP contribution in [-0.4, -0.2) is 21.5 Å². The molecule has 2 aromatic rings. The molecule has 0 bridgehead atoms. The molecule has 78 valence electrons. The molecule has 0 fully saturated rings. The fraction of sp³-hybridized carbons (Fsp3) is 0.364. The van der Waals surface area contributed by atoms with Crippen LogP contribution in [0.5, 0.6) is 0 Å². The summed E-state index contributed by atoms with van der Waals surface area (Å²) in [6.07, 6.45) is 3.28. The second-order valence-electron chi connectivity index (χ2n) is 3.87. The van der Waals surface area contributed by atoms with Crippen molar-refractivity contribution < 1.29 is 0 Å². The fourth-order valence-electron chi connectivity index (χ4n) is 1.34. The molecule has 0 saturated carbocycles. The molecule has 0 atom stereocenters. The van der Waals surface area contributed by atoms with Gasteiger partial charge in [-0.3, -0.25) is 0 Å². The van der Waals surface area contributed by atoms with Crippen LogP contribution in [-0.2, 0) is 0 Å². The normalized spacial score (nSPS) is 10.9. The third-order valence-electron chi connectivity index (χ3n) is 2.09. The maximum Gasteiger partial charge on any atom is 0.164 e. The Balaban J connectivity index is 2.34. The SMILES string of the molecule is CC(C)CNc1ncnc2ncccc12. The van der Waals surface area contributed by atoms with Crippen molar-refractivity contribution in [1.82, 2.24) is 15.0 Å². The molecule has 0 amide bonds. The Labute approximate surface area is 88.8 Å². The van der Waals surface area contributed by atoms with Crippen LogP contribution in [0.4, 0.5) is 5.82 Å². The molecule has 2 heterocycles. The van der Waals surface area contributed by atoms with Gasteiger partial charge < -0.3 is 5.32 Å². The number of anilines is 1. The number of hydrogen-bond donors (Lipinski definition) is 1. The third kappa shape index (κ3) is 2.21. The van der Waals surface area contributed by atoms with Crippen LogP contribution >= 0.6 is 0 Å². The zero-order valence-electron chi connectivity index (χ0n) is 8.94. The van der Waals surface area contributed by atoms with Crippen molar-refractivity contribution in [2.24, 2.45) is 5.92 Å². The maximum atomic E-state index is 4.22. The number of pyridine rings is 1. The minimum atomic E-state index is 0.590. The highest BCUT2D eigenvalue weighted by atomic mass is 15.0. The van der Waals surface area contributed by atoms with Crippen molar-refractivity contribution in [3.8, 4) is 0 Å². The highest BCUT2D eigenvalue weighted by molar-refractivity contribution is 5.85. The lowest BCUT2D eigenvalue weighted by Crippen LogP contribution is -2.09. The molecule has 0 saturated heterocycles. The smallest absolute Gasteiger partial charge is 0.164 e. The Morgan fingerprint density at radius 3 is 2.93 bits per heavy atom. The van der Waals surface area contributed by atoms with Gasteiger partial charge in [0, 0.05) is 12.7 Å². The first-order valence-corrected chi connectivity index (χ1v) is 5.07. The van der Waals surface area contributed by atoms with Gasteiger partial charge in [0.25, 0.3) is 0 Å². The molecule has 0 unspecified atom stereocenters. The Morgan fingerprint density at radius 1 is 1.27 bits per heavy atom. The second-order valence-corrected chi connectivity index (χ2v) is 3.87. The molecular formula is C11H14N4. The molecule has 4 nitrogen and oxygen atoms in total. The van der Waals surface area contributed by atoms with Crippen molar-refractivity contribution in [2.45, 2.75) is 13.8 Å². The first-order valence-electron chi connectivity index (χ1n) is 5.07. The summed E-state index contributed by atoms with van der Waals surface area (Å²) in [5, 5.41) is 4.27. The number of hydrogen-bond acceptors (Lipinski definition) is 4. The fourth-order valence-corrected chi connectivity index (χ4v) is 1.34. The van der Waals surface area contributed by atoms with Crippen molar-refractivity contribution in [1.29, 1.82) is 0 Å². The maximum absolute atomic E-state index is 4.22. The summed E-state index contributed by atoms with van der Waals surface area (Å²) < 4.78 is 0. The van der Waals surface area contributed by atoms with Crippen LogP contribution in [0.1, 0.15) is 13.8 Å². The van der Waals surface area contributed by atoms with Crippen molar-refractivity contribution in [3.05, 3.63) is 24.7 Å². The Hall–Kier alpha value is -1.71. The number of aromatic nitrogens is 3. The van der Waals surface area contributed by atoms with Gasteiger partial charge in [-0.2, -0.15) is 0 Å². The van der Waals surface area contributed by atoms with Gasteiger partial charge >= 0.3 is 0 Å². The summed E-state index contributed by atoms with van der Waals surface area (Å²) in [6, 6.07) is 3.87. The van der Waals surface area contributed by atoms with E-state index in [4.69, 9.17) is 0 Å². The average molecular weight is 202 g/mol. The summed E-state index contributed by atoms with van der Waals surface area (Å²) in [7, 11) is 0. The van der Waals surface area contributed by atoms with Crippen LogP contribution in [0.3, 0.4) is 0 Å². The van der Waals surface area contributed by atoms with Gasteiger partial charge in [0.15, 0.2) is 5.65 Å². The van der Waals surface area contributed by atoms with E-state index >= 15 is 0 Å². The number of rotatable bonds is 3. The zero-order chi connectivity index (χ0) is 10.7. The van der Waals surface area contributed by atoms with Gasteiger partial charge in [-0.15, -0.1) is 0 Å². The van der Waals surface area contributed by atoms with Gasteiger partial charge in [0.05, 0.1) is 5.39 Å². The molecule has 0 aliphatic carbocycles. The lowest BCUT2D eigenvalue weighted by molar-refractivity contribution is 0.687.